The van der Waals surface area contributed by atoms with Gasteiger partial charge in [0, 0.05) is 47.8 Å². The van der Waals surface area contributed by atoms with Crippen molar-refractivity contribution in [3.05, 3.63) is 36.4 Å². The number of hydrogen-bond donors (Lipinski definition) is 2. The predicted molar refractivity (Wildman–Crippen MR) is 113 cm³/mol. The van der Waals surface area contributed by atoms with Gasteiger partial charge in [0.15, 0.2) is 0 Å². The second-order valence-corrected chi connectivity index (χ2v) is 7.55. The number of likely N-dealkylation sites (tertiary alicyclic amines) is 2. The van der Waals surface area contributed by atoms with Gasteiger partial charge in [-0.15, -0.1) is 0 Å². The molecule has 0 spiro atoms. The van der Waals surface area contributed by atoms with Crippen molar-refractivity contribution in [3.63, 3.8) is 0 Å². The van der Waals surface area contributed by atoms with Crippen LogP contribution in [0.5, 0.6) is 0 Å². The van der Waals surface area contributed by atoms with E-state index in [1.807, 2.05) is 0 Å². The molecular weight excluding hydrogens is 416 g/mol. The minimum atomic E-state index is -0.512. The van der Waals surface area contributed by atoms with Crippen molar-refractivity contribution in [1.29, 1.82) is 0 Å². The Kier molecular flexibility index (Phi) is 5.67. The van der Waals surface area contributed by atoms with Gasteiger partial charge in [0.05, 0.1) is 0 Å². The molecule has 2 heterocycles. The lowest BCUT2D eigenvalue weighted by Gasteiger charge is -2.16. The fraction of sp³-hybridized carbons (Fsp3) is 0.273. The number of amides is 6. The van der Waals surface area contributed by atoms with Crippen LogP contribution in [0.4, 0.5) is 11.4 Å². The number of rotatable bonds is 6. The van der Waals surface area contributed by atoms with Gasteiger partial charge in [0.1, 0.15) is 13.1 Å². The van der Waals surface area contributed by atoms with Crippen molar-refractivity contribution in [2.75, 3.05) is 23.7 Å². The van der Waals surface area contributed by atoms with Crippen LogP contribution >= 0.6 is 0 Å². The average Bonchev–Trinajstić information content (AvgIpc) is 3.24. The number of nitrogens with zero attached hydrogens (tertiary/aromatic N) is 2. The second-order valence-electron chi connectivity index (χ2n) is 7.55. The smallest absolute Gasteiger partial charge is 0.244 e. The van der Waals surface area contributed by atoms with Crippen molar-refractivity contribution in [2.45, 2.75) is 25.7 Å². The number of nitrogens with one attached hydrogen (secondary N) is 2. The predicted octanol–water partition coefficient (Wildman–Crippen LogP) is 1.01. The molecule has 2 aliphatic rings. The molecule has 32 heavy (non-hydrogen) atoms. The Morgan fingerprint density at radius 1 is 0.625 bits per heavy atom. The van der Waals surface area contributed by atoms with Crippen LogP contribution in [0.15, 0.2) is 36.4 Å². The topological polar surface area (TPSA) is 133 Å². The molecule has 2 aromatic rings. The Hall–Kier alpha value is -4.08. The van der Waals surface area contributed by atoms with E-state index in [-0.39, 0.29) is 62.4 Å². The van der Waals surface area contributed by atoms with Crippen molar-refractivity contribution in [2.24, 2.45) is 0 Å². The number of fused-ring (bicyclic) bond motifs is 1. The molecule has 2 saturated heterocycles. The Morgan fingerprint density at radius 3 is 1.31 bits per heavy atom. The molecule has 164 valence electrons. The van der Waals surface area contributed by atoms with Gasteiger partial charge in [-0.1, -0.05) is 24.3 Å². The standard InChI is InChI=1S/C22H20N4O6/c27-17(11-25-19(29)7-8-20(25)30)23-15-5-1-3-13-14(15)4-2-6-16(13)24-18(28)12-26-21(31)9-10-22(26)32/h1-6H,7-12H2,(H,23,27)(H,24,28). The lowest BCUT2D eigenvalue weighted by Crippen LogP contribution is -2.37. The van der Waals surface area contributed by atoms with E-state index in [2.05, 4.69) is 10.6 Å². The number of hydrogen-bond acceptors (Lipinski definition) is 6. The van der Waals surface area contributed by atoms with Gasteiger partial charge in [-0.25, -0.2) is 0 Å². The number of carbonyl (C=O) groups is 6. The first-order chi connectivity index (χ1) is 15.3. The zero-order valence-corrected chi connectivity index (χ0v) is 17.1. The SMILES string of the molecule is O=C(CN1C(=O)CCC1=O)Nc1cccc2c(NC(=O)CN3C(=O)CCC3=O)cccc12. The second kappa shape index (κ2) is 8.58. The third-order valence-corrected chi connectivity index (χ3v) is 5.38. The van der Waals surface area contributed by atoms with Gasteiger partial charge in [0.2, 0.25) is 35.4 Å². The van der Waals surface area contributed by atoms with Crippen LogP contribution in [-0.4, -0.2) is 58.3 Å². The number of anilines is 2. The average molecular weight is 436 g/mol. The van der Waals surface area contributed by atoms with Gasteiger partial charge >= 0.3 is 0 Å². The van der Waals surface area contributed by atoms with Crippen molar-refractivity contribution < 1.29 is 28.8 Å². The van der Waals surface area contributed by atoms with Gasteiger partial charge in [-0.2, -0.15) is 0 Å². The van der Waals surface area contributed by atoms with Crippen LogP contribution in [0, 0.1) is 0 Å². The number of benzene rings is 2. The minimum absolute atomic E-state index is 0.109. The maximum atomic E-state index is 12.4. The molecular formula is C22H20N4O6. The zero-order chi connectivity index (χ0) is 22.8. The summed E-state index contributed by atoms with van der Waals surface area (Å²) in [6, 6.07) is 10.2. The molecule has 2 aromatic carbocycles. The van der Waals surface area contributed by atoms with E-state index in [0.29, 0.717) is 22.1 Å². The highest BCUT2D eigenvalue weighted by Crippen LogP contribution is 2.29. The van der Waals surface area contributed by atoms with Gasteiger partial charge in [-0.05, 0) is 12.1 Å². The van der Waals surface area contributed by atoms with Gasteiger partial charge in [0.25, 0.3) is 0 Å². The summed E-state index contributed by atoms with van der Waals surface area (Å²) < 4.78 is 0. The highest BCUT2D eigenvalue weighted by Gasteiger charge is 2.31. The molecule has 0 atom stereocenters. The summed E-state index contributed by atoms with van der Waals surface area (Å²) in [5.41, 5.74) is 0.903. The Balaban J connectivity index is 1.50. The third kappa shape index (κ3) is 4.20. The van der Waals surface area contributed by atoms with Crippen LogP contribution in [-0.2, 0) is 28.8 Å². The van der Waals surface area contributed by atoms with E-state index >= 15 is 0 Å². The fourth-order valence-corrected chi connectivity index (χ4v) is 3.79. The summed E-state index contributed by atoms with van der Waals surface area (Å²) in [4.78, 5) is 73.7. The first kappa shape index (κ1) is 21.2. The lowest BCUT2D eigenvalue weighted by molar-refractivity contribution is -0.142. The van der Waals surface area contributed by atoms with E-state index in [9.17, 15) is 28.8 Å². The Morgan fingerprint density at radius 2 is 0.969 bits per heavy atom. The quantitative estimate of drug-likeness (QED) is 0.650. The highest BCUT2D eigenvalue weighted by molar-refractivity contribution is 6.12. The third-order valence-electron chi connectivity index (χ3n) is 5.38. The Labute approximate surface area is 182 Å². The maximum Gasteiger partial charge on any atom is 0.244 e. The summed E-state index contributed by atoms with van der Waals surface area (Å²) in [6.07, 6.45) is 0.437. The largest absolute Gasteiger partial charge is 0.324 e. The summed E-state index contributed by atoms with van der Waals surface area (Å²) in [7, 11) is 0. The molecule has 0 radical (unpaired) electrons. The molecule has 10 nitrogen and oxygen atoms in total. The first-order valence-electron chi connectivity index (χ1n) is 10.1. The molecule has 0 saturated carbocycles. The summed E-state index contributed by atoms with van der Waals surface area (Å²) in [5, 5.41) is 6.68. The van der Waals surface area contributed by atoms with E-state index in [0.717, 1.165) is 9.80 Å². The number of carbonyl (C=O) groups excluding carboxylic acids is 6. The first-order valence-corrected chi connectivity index (χ1v) is 10.1. The van der Waals surface area contributed by atoms with E-state index < -0.39 is 11.8 Å². The van der Waals surface area contributed by atoms with Crippen LogP contribution < -0.4 is 10.6 Å². The Bertz CT molecular complexity index is 1050. The molecule has 2 N–H and O–H groups in total. The lowest BCUT2D eigenvalue weighted by atomic mass is 10.1. The monoisotopic (exact) mass is 436 g/mol. The van der Waals surface area contributed by atoms with Crippen molar-refractivity contribution in [3.8, 4) is 0 Å². The van der Waals surface area contributed by atoms with Crippen LogP contribution in [0.3, 0.4) is 0 Å². The zero-order valence-electron chi connectivity index (χ0n) is 17.1. The summed E-state index contributed by atoms with van der Waals surface area (Å²) in [5.74, 6) is -2.51. The molecule has 10 heteroatoms. The highest BCUT2D eigenvalue weighted by atomic mass is 16.2. The molecule has 2 fully saturated rings. The molecule has 0 bridgehead atoms. The molecule has 0 unspecified atom stereocenters. The van der Waals surface area contributed by atoms with Crippen molar-refractivity contribution >= 4 is 57.6 Å². The van der Waals surface area contributed by atoms with Crippen LogP contribution in [0.25, 0.3) is 10.8 Å². The molecule has 0 aliphatic carbocycles. The molecule has 4 rings (SSSR count). The normalized spacial score (nSPS) is 16.2. The fourth-order valence-electron chi connectivity index (χ4n) is 3.79. The summed E-state index contributed by atoms with van der Waals surface area (Å²) >= 11 is 0. The summed E-state index contributed by atoms with van der Waals surface area (Å²) in [6.45, 7) is -0.718. The van der Waals surface area contributed by atoms with E-state index in [1.54, 1.807) is 36.4 Å². The molecule has 2 aliphatic heterocycles. The number of imide groups is 2. The van der Waals surface area contributed by atoms with E-state index in [1.165, 1.54) is 0 Å². The van der Waals surface area contributed by atoms with Gasteiger partial charge < -0.3 is 10.6 Å². The van der Waals surface area contributed by atoms with Gasteiger partial charge in [-0.3, -0.25) is 38.6 Å². The van der Waals surface area contributed by atoms with E-state index in [4.69, 9.17) is 0 Å². The minimum Gasteiger partial charge on any atom is -0.324 e. The van der Waals surface area contributed by atoms with Crippen molar-refractivity contribution in [1.82, 2.24) is 9.80 Å². The van der Waals surface area contributed by atoms with Crippen LogP contribution in [0.2, 0.25) is 0 Å². The maximum absolute atomic E-state index is 12.4. The van der Waals surface area contributed by atoms with Crippen LogP contribution in [0.1, 0.15) is 25.7 Å². The molecule has 0 aromatic heterocycles. The molecule has 6 amide bonds.